The predicted molar refractivity (Wildman–Crippen MR) is 74.6 cm³/mol. The molecule has 0 amide bonds. The van der Waals surface area contributed by atoms with E-state index in [4.69, 9.17) is 10.2 Å². The lowest BCUT2D eigenvalue weighted by Gasteiger charge is -2.25. The third-order valence-electron chi connectivity index (χ3n) is 3.72. The van der Waals surface area contributed by atoms with Gasteiger partial charge in [0.25, 0.3) is 6.01 Å². The summed E-state index contributed by atoms with van der Waals surface area (Å²) in [7, 11) is 0. The van der Waals surface area contributed by atoms with Crippen LogP contribution in [0.25, 0.3) is 0 Å². The number of nitrogen functional groups attached to an aromatic ring is 1. The number of anilines is 1. The van der Waals surface area contributed by atoms with Crippen LogP contribution in [-0.4, -0.2) is 16.4 Å². The van der Waals surface area contributed by atoms with Crippen LogP contribution >= 0.6 is 0 Å². The minimum Gasteiger partial charge on any atom is -0.429 e. The summed E-state index contributed by atoms with van der Waals surface area (Å²) in [5, 5.41) is 0. The number of hydrogen-bond acceptors (Lipinski definition) is 4. The number of aryl methyl sites for hydroxylation is 2. The van der Waals surface area contributed by atoms with E-state index in [0.29, 0.717) is 6.01 Å². The number of benzene rings is 1. The Morgan fingerprint density at radius 1 is 1.37 bits per heavy atom. The van der Waals surface area contributed by atoms with Crippen LogP contribution in [0.5, 0.6) is 0 Å². The fourth-order valence-corrected chi connectivity index (χ4v) is 2.67. The molecule has 19 heavy (non-hydrogen) atoms. The molecule has 2 heterocycles. The van der Waals surface area contributed by atoms with Gasteiger partial charge < -0.3 is 10.2 Å². The largest absolute Gasteiger partial charge is 0.429 e. The first-order valence-electron chi connectivity index (χ1n) is 6.64. The standard InChI is InChI=1S/C15H19N3O/c1-10-3-4-12(11(2)7-10)8-18-6-5-14-13(9-18)17-15(16)19-14/h3-4,7H,5-6,8-9H2,1-2H3,(H2,16,17). The Balaban J connectivity index is 1.75. The second kappa shape index (κ2) is 4.70. The first-order chi connectivity index (χ1) is 9.11. The number of fused-ring (bicyclic) bond motifs is 1. The highest BCUT2D eigenvalue weighted by Gasteiger charge is 2.21. The van der Waals surface area contributed by atoms with Gasteiger partial charge >= 0.3 is 0 Å². The van der Waals surface area contributed by atoms with E-state index in [-0.39, 0.29) is 0 Å². The molecule has 2 aromatic rings. The summed E-state index contributed by atoms with van der Waals surface area (Å²) in [4.78, 5) is 6.64. The molecule has 2 N–H and O–H groups in total. The van der Waals surface area contributed by atoms with Crippen LogP contribution in [-0.2, 0) is 19.5 Å². The molecule has 0 unspecified atom stereocenters. The summed E-state index contributed by atoms with van der Waals surface area (Å²) >= 11 is 0. The highest BCUT2D eigenvalue weighted by Crippen LogP contribution is 2.23. The van der Waals surface area contributed by atoms with Gasteiger partial charge in [0.15, 0.2) is 0 Å². The topological polar surface area (TPSA) is 55.3 Å². The average molecular weight is 257 g/mol. The fourth-order valence-electron chi connectivity index (χ4n) is 2.67. The van der Waals surface area contributed by atoms with Gasteiger partial charge in [-0.1, -0.05) is 23.8 Å². The Kier molecular flexibility index (Phi) is 3.03. The van der Waals surface area contributed by atoms with E-state index in [1.165, 1.54) is 16.7 Å². The number of oxazole rings is 1. The highest BCUT2D eigenvalue weighted by atomic mass is 16.4. The van der Waals surface area contributed by atoms with Crippen molar-refractivity contribution < 1.29 is 4.42 Å². The Morgan fingerprint density at radius 3 is 3.00 bits per heavy atom. The number of nitrogens with two attached hydrogens (primary N) is 1. The quantitative estimate of drug-likeness (QED) is 0.897. The van der Waals surface area contributed by atoms with Crippen LogP contribution < -0.4 is 5.73 Å². The number of hydrogen-bond donors (Lipinski definition) is 1. The molecule has 0 saturated heterocycles. The van der Waals surface area contributed by atoms with Crippen molar-refractivity contribution in [1.29, 1.82) is 0 Å². The summed E-state index contributed by atoms with van der Waals surface area (Å²) in [6.45, 7) is 7.07. The summed E-state index contributed by atoms with van der Waals surface area (Å²) in [5.74, 6) is 0.953. The van der Waals surface area contributed by atoms with E-state index in [0.717, 1.165) is 37.5 Å². The Morgan fingerprint density at radius 2 is 2.21 bits per heavy atom. The SMILES string of the molecule is Cc1ccc(CN2CCc3oc(N)nc3C2)c(C)c1. The molecule has 0 spiro atoms. The first kappa shape index (κ1) is 12.2. The van der Waals surface area contributed by atoms with Crippen molar-refractivity contribution in [2.75, 3.05) is 12.3 Å². The lowest BCUT2D eigenvalue weighted by molar-refractivity contribution is 0.232. The van der Waals surface area contributed by atoms with Gasteiger partial charge in [-0.3, -0.25) is 4.90 Å². The van der Waals surface area contributed by atoms with E-state index >= 15 is 0 Å². The lowest BCUT2D eigenvalue weighted by Crippen LogP contribution is -2.30. The molecule has 1 aromatic heterocycles. The average Bonchev–Trinajstić information content (AvgIpc) is 2.72. The number of nitrogens with zero attached hydrogens (tertiary/aromatic N) is 2. The zero-order valence-corrected chi connectivity index (χ0v) is 11.4. The fraction of sp³-hybridized carbons (Fsp3) is 0.400. The maximum absolute atomic E-state index is 5.60. The number of rotatable bonds is 2. The zero-order chi connectivity index (χ0) is 13.4. The van der Waals surface area contributed by atoms with Crippen LogP contribution in [0.2, 0.25) is 0 Å². The normalized spacial score (nSPS) is 15.5. The minimum absolute atomic E-state index is 0.290. The Hall–Kier alpha value is -1.81. The molecule has 0 atom stereocenters. The van der Waals surface area contributed by atoms with Gasteiger partial charge in [0.05, 0.1) is 5.69 Å². The molecule has 4 heteroatoms. The van der Waals surface area contributed by atoms with Crippen LogP contribution in [0.4, 0.5) is 6.01 Å². The van der Waals surface area contributed by atoms with Gasteiger partial charge in [-0.25, -0.2) is 0 Å². The molecule has 100 valence electrons. The monoisotopic (exact) mass is 257 g/mol. The van der Waals surface area contributed by atoms with E-state index < -0.39 is 0 Å². The predicted octanol–water partition coefficient (Wildman–Crippen LogP) is 2.43. The second-order valence-electron chi connectivity index (χ2n) is 5.31. The van der Waals surface area contributed by atoms with Gasteiger partial charge in [-0.05, 0) is 25.0 Å². The maximum atomic E-state index is 5.60. The van der Waals surface area contributed by atoms with Crippen LogP contribution in [0.1, 0.15) is 28.1 Å². The zero-order valence-electron chi connectivity index (χ0n) is 11.4. The molecular formula is C15H19N3O. The van der Waals surface area contributed by atoms with Crippen molar-refractivity contribution in [3.63, 3.8) is 0 Å². The number of aromatic nitrogens is 1. The van der Waals surface area contributed by atoms with Crippen LogP contribution in [0.3, 0.4) is 0 Å². The van der Waals surface area contributed by atoms with Gasteiger partial charge in [0, 0.05) is 26.1 Å². The summed E-state index contributed by atoms with van der Waals surface area (Å²) < 4.78 is 5.38. The third kappa shape index (κ3) is 2.49. The van der Waals surface area contributed by atoms with Crippen molar-refractivity contribution in [2.24, 2.45) is 0 Å². The van der Waals surface area contributed by atoms with Crippen molar-refractivity contribution in [3.05, 3.63) is 46.3 Å². The molecule has 1 aliphatic rings. The second-order valence-corrected chi connectivity index (χ2v) is 5.31. The lowest BCUT2D eigenvalue weighted by atomic mass is 10.0. The van der Waals surface area contributed by atoms with Gasteiger partial charge in [-0.15, -0.1) is 0 Å². The molecule has 0 bridgehead atoms. The smallest absolute Gasteiger partial charge is 0.292 e. The Bertz CT molecular complexity index is 603. The molecular weight excluding hydrogens is 238 g/mol. The van der Waals surface area contributed by atoms with Crippen molar-refractivity contribution in [2.45, 2.75) is 33.4 Å². The Labute approximate surface area is 113 Å². The van der Waals surface area contributed by atoms with Gasteiger partial charge in [0.2, 0.25) is 0 Å². The van der Waals surface area contributed by atoms with E-state index in [1.807, 2.05) is 0 Å². The van der Waals surface area contributed by atoms with Crippen molar-refractivity contribution >= 4 is 6.01 Å². The van der Waals surface area contributed by atoms with Crippen LogP contribution in [0, 0.1) is 13.8 Å². The minimum atomic E-state index is 0.290. The molecule has 0 saturated carbocycles. The third-order valence-corrected chi connectivity index (χ3v) is 3.72. The van der Waals surface area contributed by atoms with E-state index in [2.05, 4.69) is 41.9 Å². The first-order valence-corrected chi connectivity index (χ1v) is 6.64. The summed E-state index contributed by atoms with van der Waals surface area (Å²) in [5.41, 5.74) is 10.6. The molecule has 0 aliphatic carbocycles. The summed E-state index contributed by atoms with van der Waals surface area (Å²) in [6, 6.07) is 6.92. The van der Waals surface area contributed by atoms with Gasteiger partial charge in [0.1, 0.15) is 5.76 Å². The molecule has 0 radical (unpaired) electrons. The van der Waals surface area contributed by atoms with E-state index in [1.54, 1.807) is 0 Å². The highest BCUT2D eigenvalue weighted by molar-refractivity contribution is 5.30. The maximum Gasteiger partial charge on any atom is 0.292 e. The molecule has 4 nitrogen and oxygen atoms in total. The van der Waals surface area contributed by atoms with Crippen molar-refractivity contribution in [3.8, 4) is 0 Å². The van der Waals surface area contributed by atoms with Gasteiger partial charge in [-0.2, -0.15) is 4.98 Å². The van der Waals surface area contributed by atoms with Crippen LogP contribution in [0.15, 0.2) is 22.6 Å². The molecule has 3 rings (SSSR count). The van der Waals surface area contributed by atoms with E-state index in [9.17, 15) is 0 Å². The molecule has 1 aliphatic heterocycles. The molecule has 1 aromatic carbocycles. The summed E-state index contributed by atoms with van der Waals surface area (Å²) in [6.07, 6.45) is 0.893. The van der Waals surface area contributed by atoms with Crippen molar-refractivity contribution in [1.82, 2.24) is 9.88 Å². The molecule has 0 fully saturated rings.